The summed E-state index contributed by atoms with van der Waals surface area (Å²) in [4.78, 5) is 4.63. The van der Waals surface area contributed by atoms with E-state index in [9.17, 15) is 0 Å². The number of nitrogens with zero attached hydrogens (tertiary/aromatic N) is 4. The van der Waals surface area contributed by atoms with Gasteiger partial charge < -0.3 is 14.2 Å². The Bertz CT molecular complexity index is 1050. The molecule has 0 saturated heterocycles. The predicted molar refractivity (Wildman–Crippen MR) is 107 cm³/mol. The molecule has 4 rings (SSSR count). The zero-order valence-electron chi connectivity index (χ0n) is 16.0. The number of aromatic amines is 1. The van der Waals surface area contributed by atoms with E-state index in [2.05, 4.69) is 25.6 Å². The van der Waals surface area contributed by atoms with Gasteiger partial charge in [-0.1, -0.05) is 11.3 Å². The number of rotatable bonds is 9. The van der Waals surface area contributed by atoms with Crippen LogP contribution < -0.4 is 14.2 Å². The van der Waals surface area contributed by atoms with Crippen molar-refractivity contribution in [2.75, 3.05) is 13.7 Å². The first kappa shape index (κ1) is 18.7. The van der Waals surface area contributed by atoms with Crippen molar-refractivity contribution in [3.63, 3.8) is 0 Å². The number of H-pyrrole nitrogens is 1. The first-order chi connectivity index (χ1) is 14.3. The summed E-state index contributed by atoms with van der Waals surface area (Å²) >= 11 is 0. The minimum atomic E-state index is 0.396. The van der Waals surface area contributed by atoms with E-state index in [-0.39, 0.29) is 0 Å². The van der Waals surface area contributed by atoms with Crippen molar-refractivity contribution in [3.8, 4) is 17.2 Å². The van der Waals surface area contributed by atoms with E-state index >= 15 is 0 Å². The van der Waals surface area contributed by atoms with E-state index in [0.717, 1.165) is 46.7 Å². The van der Waals surface area contributed by atoms with Crippen LogP contribution in [0.2, 0.25) is 0 Å². The van der Waals surface area contributed by atoms with Crippen LogP contribution in [0.3, 0.4) is 0 Å². The monoisotopic (exact) mass is 391 g/mol. The standard InChI is InChI=1S/C21H21N5O3/c1-27-19-10-11-20-15(13-19)4-5-16(22-20)14-29-18-8-6-17(7-9-18)28-12-2-3-21-23-25-26-24-21/h4-11,13H,2-3,12,14H2,1H3,(H,23,24,25,26). The molecular formula is C21H21N5O3. The van der Waals surface area contributed by atoms with Crippen molar-refractivity contribution in [1.29, 1.82) is 0 Å². The number of aryl methyl sites for hydroxylation is 1. The molecule has 0 spiro atoms. The second-order valence-corrected chi connectivity index (χ2v) is 6.40. The summed E-state index contributed by atoms with van der Waals surface area (Å²) in [6.07, 6.45) is 1.54. The Morgan fingerprint density at radius 3 is 2.45 bits per heavy atom. The quantitative estimate of drug-likeness (QED) is 0.437. The van der Waals surface area contributed by atoms with E-state index in [1.54, 1.807) is 7.11 Å². The zero-order chi connectivity index (χ0) is 19.9. The number of pyridine rings is 1. The molecule has 0 bridgehead atoms. The van der Waals surface area contributed by atoms with E-state index in [4.69, 9.17) is 14.2 Å². The summed E-state index contributed by atoms with van der Waals surface area (Å²) in [5.41, 5.74) is 1.78. The van der Waals surface area contributed by atoms with Crippen molar-refractivity contribution >= 4 is 10.9 Å². The summed E-state index contributed by atoms with van der Waals surface area (Å²) in [5.74, 6) is 3.07. The van der Waals surface area contributed by atoms with Gasteiger partial charge >= 0.3 is 0 Å². The third-order valence-electron chi connectivity index (χ3n) is 4.37. The van der Waals surface area contributed by atoms with Gasteiger partial charge in [-0.15, -0.1) is 10.2 Å². The molecule has 1 N–H and O–H groups in total. The van der Waals surface area contributed by atoms with Gasteiger partial charge in [0, 0.05) is 11.8 Å². The van der Waals surface area contributed by atoms with Crippen molar-refractivity contribution in [2.24, 2.45) is 0 Å². The predicted octanol–water partition coefficient (Wildman–Crippen LogP) is 3.35. The maximum atomic E-state index is 5.85. The molecular weight excluding hydrogens is 370 g/mol. The first-order valence-electron chi connectivity index (χ1n) is 9.32. The molecule has 29 heavy (non-hydrogen) atoms. The molecule has 8 nitrogen and oxygen atoms in total. The molecule has 0 amide bonds. The molecule has 0 atom stereocenters. The Hall–Kier alpha value is -3.68. The highest BCUT2D eigenvalue weighted by Gasteiger charge is 2.03. The molecule has 148 valence electrons. The second kappa shape index (κ2) is 9.01. The molecule has 0 aliphatic rings. The molecule has 0 radical (unpaired) electrons. The number of ether oxygens (including phenoxy) is 3. The number of aromatic nitrogens is 5. The first-order valence-corrected chi connectivity index (χ1v) is 9.32. The number of nitrogens with one attached hydrogen (secondary N) is 1. The lowest BCUT2D eigenvalue weighted by molar-refractivity contribution is 0.296. The minimum absolute atomic E-state index is 0.396. The maximum Gasteiger partial charge on any atom is 0.174 e. The molecule has 2 aromatic heterocycles. The van der Waals surface area contributed by atoms with Gasteiger partial charge in [-0.25, -0.2) is 4.98 Å². The molecule has 8 heteroatoms. The number of fused-ring (bicyclic) bond motifs is 1. The lowest BCUT2D eigenvalue weighted by Crippen LogP contribution is -2.01. The topological polar surface area (TPSA) is 95.0 Å². The third kappa shape index (κ3) is 4.98. The highest BCUT2D eigenvalue weighted by Crippen LogP contribution is 2.21. The average Bonchev–Trinajstić information content (AvgIpc) is 3.29. The number of hydrogen-bond donors (Lipinski definition) is 1. The van der Waals surface area contributed by atoms with E-state index < -0.39 is 0 Å². The van der Waals surface area contributed by atoms with Crippen LogP contribution in [0.1, 0.15) is 17.9 Å². The highest BCUT2D eigenvalue weighted by molar-refractivity contribution is 5.80. The van der Waals surface area contributed by atoms with Gasteiger partial charge in [-0.05, 0) is 55.0 Å². The minimum Gasteiger partial charge on any atom is -0.497 e. The third-order valence-corrected chi connectivity index (χ3v) is 4.37. The average molecular weight is 391 g/mol. The molecule has 0 aliphatic heterocycles. The van der Waals surface area contributed by atoms with Gasteiger partial charge in [0.2, 0.25) is 0 Å². The Labute approximate surface area is 167 Å². The Kier molecular flexibility index (Phi) is 5.80. The molecule has 2 aromatic carbocycles. The van der Waals surface area contributed by atoms with Crippen LogP contribution in [-0.2, 0) is 13.0 Å². The van der Waals surface area contributed by atoms with Crippen molar-refractivity contribution in [2.45, 2.75) is 19.4 Å². The summed E-state index contributed by atoms with van der Waals surface area (Å²) in [7, 11) is 1.66. The van der Waals surface area contributed by atoms with Crippen LogP contribution in [0.25, 0.3) is 10.9 Å². The van der Waals surface area contributed by atoms with Gasteiger partial charge in [0.05, 0.1) is 24.9 Å². The van der Waals surface area contributed by atoms with Crippen molar-refractivity contribution in [1.82, 2.24) is 25.6 Å². The fourth-order valence-electron chi connectivity index (χ4n) is 2.85. The van der Waals surface area contributed by atoms with Crippen LogP contribution in [0.5, 0.6) is 17.2 Å². The summed E-state index contributed by atoms with van der Waals surface area (Å²) in [6, 6.07) is 17.4. The molecule has 2 heterocycles. The molecule has 0 fully saturated rings. The van der Waals surface area contributed by atoms with Gasteiger partial charge in [0.1, 0.15) is 23.9 Å². The normalized spacial score (nSPS) is 10.8. The van der Waals surface area contributed by atoms with Gasteiger partial charge in [0.15, 0.2) is 5.82 Å². The fourth-order valence-corrected chi connectivity index (χ4v) is 2.85. The fraction of sp³-hybridized carbons (Fsp3) is 0.238. The van der Waals surface area contributed by atoms with Crippen molar-refractivity contribution in [3.05, 3.63) is 66.1 Å². The largest absolute Gasteiger partial charge is 0.497 e. The lowest BCUT2D eigenvalue weighted by Gasteiger charge is -2.09. The van der Waals surface area contributed by atoms with E-state index in [0.29, 0.717) is 19.0 Å². The molecule has 0 saturated carbocycles. The summed E-state index contributed by atoms with van der Waals surface area (Å²) in [6.45, 7) is 0.980. The van der Waals surface area contributed by atoms with E-state index in [1.165, 1.54) is 0 Å². The van der Waals surface area contributed by atoms with Gasteiger partial charge in [-0.2, -0.15) is 5.21 Å². The maximum absolute atomic E-state index is 5.85. The Morgan fingerprint density at radius 1 is 0.897 bits per heavy atom. The Balaban J connectivity index is 1.27. The zero-order valence-corrected chi connectivity index (χ0v) is 16.0. The number of benzene rings is 2. The number of tetrazole rings is 1. The second-order valence-electron chi connectivity index (χ2n) is 6.40. The van der Waals surface area contributed by atoms with Crippen LogP contribution in [0.4, 0.5) is 0 Å². The molecule has 0 unspecified atom stereocenters. The number of methoxy groups -OCH3 is 1. The summed E-state index contributed by atoms with van der Waals surface area (Å²) < 4.78 is 16.8. The van der Waals surface area contributed by atoms with Crippen LogP contribution >= 0.6 is 0 Å². The molecule has 0 aliphatic carbocycles. The van der Waals surface area contributed by atoms with E-state index in [1.807, 2.05) is 54.6 Å². The van der Waals surface area contributed by atoms with Crippen LogP contribution in [0.15, 0.2) is 54.6 Å². The Morgan fingerprint density at radius 2 is 1.69 bits per heavy atom. The van der Waals surface area contributed by atoms with Crippen LogP contribution in [-0.4, -0.2) is 39.3 Å². The van der Waals surface area contributed by atoms with Gasteiger partial charge in [0.25, 0.3) is 0 Å². The number of hydrogen-bond acceptors (Lipinski definition) is 7. The summed E-state index contributed by atoms with van der Waals surface area (Å²) in [5, 5.41) is 14.8. The SMILES string of the molecule is COc1ccc2nc(COc3ccc(OCCCc4nn[nH]n4)cc3)ccc2c1. The van der Waals surface area contributed by atoms with Crippen molar-refractivity contribution < 1.29 is 14.2 Å². The smallest absolute Gasteiger partial charge is 0.174 e. The van der Waals surface area contributed by atoms with Crippen LogP contribution in [0, 0.1) is 0 Å². The van der Waals surface area contributed by atoms with Gasteiger partial charge in [-0.3, -0.25) is 0 Å². The molecule has 4 aromatic rings. The highest BCUT2D eigenvalue weighted by atomic mass is 16.5. The lowest BCUT2D eigenvalue weighted by atomic mass is 10.2.